The maximum Gasteiger partial charge on any atom is 0.248 e. The number of nitrogens with zero attached hydrogens (tertiary/aromatic N) is 2. The average molecular weight is 408 g/mol. The molecule has 0 aromatic heterocycles. The summed E-state index contributed by atoms with van der Waals surface area (Å²) >= 11 is 0. The molecule has 30 heavy (non-hydrogen) atoms. The van der Waals surface area contributed by atoms with Gasteiger partial charge in [-0.2, -0.15) is 0 Å². The number of likely N-dealkylation sites (tertiary alicyclic amines) is 2. The molecule has 1 N–H and O–H groups in total. The highest BCUT2D eigenvalue weighted by atomic mass is 16.5. The van der Waals surface area contributed by atoms with Crippen LogP contribution in [0.5, 0.6) is 0 Å². The van der Waals surface area contributed by atoms with E-state index in [1.165, 1.54) is 19.6 Å². The van der Waals surface area contributed by atoms with Crippen molar-refractivity contribution in [1.29, 1.82) is 0 Å². The molecular formula is C24H28N2O4. The minimum absolute atomic E-state index is 0.00920. The van der Waals surface area contributed by atoms with E-state index in [0.29, 0.717) is 13.1 Å². The third kappa shape index (κ3) is 3.20. The Labute approximate surface area is 177 Å². The number of methoxy groups -OCH3 is 1. The molecule has 0 aliphatic carbocycles. The summed E-state index contributed by atoms with van der Waals surface area (Å²) in [4.78, 5) is 28.0. The molecule has 158 valence electrons. The van der Waals surface area contributed by atoms with E-state index in [-0.39, 0.29) is 37.0 Å². The molecule has 2 aliphatic heterocycles. The summed E-state index contributed by atoms with van der Waals surface area (Å²) in [6, 6.07) is 16.5. The van der Waals surface area contributed by atoms with Crippen molar-refractivity contribution in [3.05, 3.63) is 59.7 Å². The van der Waals surface area contributed by atoms with Gasteiger partial charge >= 0.3 is 0 Å². The number of aliphatic hydroxyl groups excluding tert-OH is 1. The van der Waals surface area contributed by atoms with Gasteiger partial charge in [-0.05, 0) is 23.6 Å². The summed E-state index contributed by atoms with van der Waals surface area (Å²) in [5.74, 6) is -0.155. The molecule has 0 bridgehead atoms. The number of hydrogen-bond donors (Lipinski definition) is 1. The summed E-state index contributed by atoms with van der Waals surface area (Å²) < 4.78 is 4.96. The molecule has 0 radical (unpaired) electrons. The zero-order chi connectivity index (χ0) is 21.5. The predicted molar refractivity (Wildman–Crippen MR) is 114 cm³/mol. The average Bonchev–Trinajstić information content (AvgIpc) is 2.67. The minimum Gasteiger partial charge on any atom is -0.394 e. The number of hydrogen-bond acceptors (Lipinski definition) is 4. The molecule has 2 heterocycles. The second-order valence-corrected chi connectivity index (χ2v) is 8.39. The summed E-state index contributed by atoms with van der Waals surface area (Å²) in [5, 5.41) is 10.0. The number of aliphatic hydroxyl groups is 1. The van der Waals surface area contributed by atoms with E-state index in [1.807, 2.05) is 0 Å². The van der Waals surface area contributed by atoms with Crippen LogP contribution in [0.25, 0.3) is 11.1 Å². The van der Waals surface area contributed by atoms with Gasteiger partial charge in [-0.3, -0.25) is 9.59 Å². The molecule has 6 nitrogen and oxygen atoms in total. The Morgan fingerprint density at radius 2 is 1.63 bits per heavy atom. The maximum atomic E-state index is 12.3. The minimum atomic E-state index is -0.450. The fourth-order valence-corrected chi connectivity index (χ4v) is 5.16. The SMILES string of the molecule is COCC(=O)N1CC2(C1)[C@H](c1ccc(-c3ccc(C)cc3)cc1)[C@H](CO)N2C(C)=O. The van der Waals surface area contributed by atoms with Crippen molar-refractivity contribution in [2.75, 3.05) is 33.4 Å². The summed E-state index contributed by atoms with van der Waals surface area (Å²) in [7, 11) is 1.50. The summed E-state index contributed by atoms with van der Waals surface area (Å²) in [6.45, 7) is 4.47. The topological polar surface area (TPSA) is 70.1 Å². The van der Waals surface area contributed by atoms with Crippen molar-refractivity contribution >= 4 is 11.8 Å². The largest absolute Gasteiger partial charge is 0.394 e. The number of benzene rings is 2. The van der Waals surface area contributed by atoms with Crippen molar-refractivity contribution in [2.24, 2.45) is 0 Å². The summed E-state index contributed by atoms with van der Waals surface area (Å²) in [5.41, 5.74) is 4.13. The van der Waals surface area contributed by atoms with Gasteiger partial charge in [0.25, 0.3) is 0 Å². The highest BCUT2D eigenvalue weighted by molar-refractivity contribution is 5.82. The Balaban J connectivity index is 1.60. The summed E-state index contributed by atoms with van der Waals surface area (Å²) in [6.07, 6.45) is 0. The van der Waals surface area contributed by atoms with Gasteiger partial charge < -0.3 is 19.6 Å². The highest BCUT2D eigenvalue weighted by Crippen LogP contribution is 2.54. The van der Waals surface area contributed by atoms with E-state index < -0.39 is 5.54 Å². The van der Waals surface area contributed by atoms with Crippen LogP contribution >= 0.6 is 0 Å². The Kier molecular flexibility index (Phi) is 5.38. The van der Waals surface area contributed by atoms with Crippen molar-refractivity contribution in [3.8, 4) is 11.1 Å². The van der Waals surface area contributed by atoms with Crippen LogP contribution in [0.2, 0.25) is 0 Å². The number of carbonyl (C=O) groups is 2. The van der Waals surface area contributed by atoms with Crippen molar-refractivity contribution in [1.82, 2.24) is 9.80 Å². The van der Waals surface area contributed by atoms with Crippen molar-refractivity contribution < 1.29 is 19.4 Å². The number of ether oxygens (including phenoxy) is 1. The molecule has 2 fully saturated rings. The van der Waals surface area contributed by atoms with Crippen LogP contribution in [0.3, 0.4) is 0 Å². The smallest absolute Gasteiger partial charge is 0.248 e. The molecule has 2 amide bonds. The van der Waals surface area contributed by atoms with Crippen LogP contribution in [-0.2, 0) is 14.3 Å². The first-order valence-electron chi connectivity index (χ1n) is 10.3. The molecule has 1 spiro atoms. The molecule has 2 aliphatic rings. The van der Waals surface area contributed by atoms with Gasteiger partial charge in [0, 0.05) is 33.0 Å². The van der Waals surface area contributed by atoms with Crippen molar-refractivity contribution in [2.45, 2.75) is 31.3 Å². The van der Waals surface area contributed by atoms with Gasteiger partial charge in [0.2, 0.25) is 11.8 Å². The van der Waals surface area contributed by atoms with E-state index in [0.717, 1.165) is 16.7 Å². The Morgan fingerprint density at radius 3 is 2.13 bits per heavy atom. The normalized spacial score (nSPS) is 21.9. The van der Waals surface area contributed by atoms with Gasteiger partial charge in [0.15, 0.2) is 0 Å². The Hall–Kier alpha value is -2.70. The molecule has 2 saturated heterocycles. The molecule has 2 aromatic carbocycles. The van der Waals surface area contributed by atoms with Crippen LogP contribution in [0.1, 0.15) is 24.0 Å². The predicted octanol–water partition coefficient (Wildman–Crippen LogP) is 2.20. The first kappa shape index (κ1) is 20.6. The monoisotopic (exact) mass is 408 g/mol. The molecule has 6 heteroatoms. The quantitative estimate of drug-likeness (QED) is 0.824. The number of carbonyl (C=O) groups excluding carboxylic acids is 2. The Morgan fingerprint density at radius 1 is 1.07 bits per heavy atom. The van der Waals surface area contributed by atoms with Crippen LogP contribution in [0, 0.1) is 6.92 Å². The second-order valence-electron chi connectivity index (χ2n) is 8.39. The number of rotatable bonds is 5. The van der Waals surface area contributed by atoms with E-state index in [9.17, 15) is 14.7 Å². The molecule has 0 unspecified atom stereocenters. The third-order valence-electron chi connectivity index (χ3n) is 6.51. The Bertz CT molecular complexity index is 933. The van der Waals surface area contributed by atoms with Crippen LogP contribution in [-0.4, -0.2) is 71.7 Å². The van der Waals surface area contributed by atoms with E-state index in [4.69, 9.17) is 4.74 Å². The number of aryl methyl sites for hydroxylation is 1. The van der Waals surface area contributed by atoms with Gasteiger partial charge in [0.05, 0.1) is 18.2 Å². The first-order chi connectivity index (χ1) is 14.4. The molecule has 2 aromatic rings. The van der Waals surface area contributed by atoms with Gasteiger partial charge in [-0.25, -0.2) is 0 Å². The van der Waals surface area contributed by atoms with Gasteiger partial charge in [-0.1, -0.05) is 54.1 Å². The zero-order valence-corrected chi connectivity index (χ0v) is 17.7. The van der Waals surface area contributed by atoms with E-state index in [2.05, 4.69) is 55.5 Å². The lowest BCUT2D eigenvalue weighted by molar-refractivity contribution is -0.202. The van der Waals surface area contributed by atoms with Crippen LogP contribution < -0.4 is 0 Å². The fraction of sp³-hybridized carbons (Fsp3) is 0.417. The molecule has 2 atom stereocenters. The maximum absolute atomic E-state index is 12.3. The van der Waals surface area contributed by atoms with Crippen molar-refractivity contribution in [3.63, 3.8) is 0 Å². The first-order valence-corrected chi connectivity index (χ1v) is 10.3. The van der Waals surface area contributed by atoms with E-state index >= 15 is 0 Å². The standard InChI is InChI=1S/C24H28N2O4/c1-16-4-6-18(7-5-16)19-8-10-20(11-9-19)23-21(12-27)26(17(2)28)24(23)14-25(15-24)22(29)13-30-3/h4-11,21,23,27H,12-15H2,1-3H3/t21-,23+/m0/s1. The lowest BCUT2D eigenvalue weighted by Crippen LogP contribution is -2.85. The number of amides is 2. The zero-order valence-electron chi connectivity index (χ0n) is 17.7. The third-order valence-corrected chi connectivity index (χ3v) is 6.51. The second kappa shape index (κ2) is 7.85. The molecular weight excluding hydrogens is 380 g/mol. The molecule has 0 saturated carbocycles. The van der Waals surface area contributed by atoms with Crippen LogP contribution in [0.4, 0.5) is 0 Å². The lowest BCUT2D eigenvalue weighted by Gasteiger charge is -2.70. The lowest BCUT2D eigenvalue weighted by atomic mass is 9.60. The highest BCUT2D eigenvalue weighted by Gasteiger charge is 2.67. The van der Waals surface area contributed by atoms with Gasteiger partial charge in [0.1, 0.15) is 6.61 Å². The van der Waals surface area contributed by atoms with Gasteiger partial charge in [-0.15, -0.1) is 0 Å². The molecule has 4 rings (SSSR count). The van der Waals surface area contributed by atoms with E-state index in [1.54, 1.807) is 9.80 Å². The van der Waals surface area contributed by atoms with Crippen LogP contribution in [0.15, 0.2) is 48.5 Å². The fourth-order valence-electron chi connectivity index (χ4n) is 5.16.